The first kappa shape index (κ1) is 15.2. The van der Waals surface area contributed by atoms with Gasteiger partial charge >= 0.3 is 12.3 Å². The Hall–Kier alpha value is -2.22. The highest BCUT2D eigenvalue weighted by Crippen LogP contribution is 2.24. The fourth-order valence-corrected chi connectivity index (χ4v) is 2.35. The third-order valence-electron chi connectivity index (χ3n) is 2.46. The maximum Gasteiger partial charge on any atom is 0.573 e. The maximum absolute atomic E-state index is 12.0. The van der Waals surface area contributed by atoms with Crippen LogP contribution in [-0.2, 0) is 6.54 Å². The van der Waals surface area contributed by atoms with Gasteiger partial charge in [-0.3, -0.25) is 0 Å². The monoisotopic (exact) mass is 317 g/mol. The molecule has 1 aromatic carbocycles. The number of ether oxygens (including phenoxy) is 1. The quantitative estimate of drug-likeness (QED) is 0.876. The van der Waals surface area contributed by atoms with Gasteiger partial charge in [-0.15, -0.1) is 24.5 Å². The van der Waals surface area contributed by atoms with Crippen molar-refractivity contribution in [3.05, 3.63) is 46.2 Å². The second kappa shape index (κ2) is 6.04. The molecule has 0 saturated heterocycles. The van der Waals surface area contributed by atoms with Crippen molar-refractivity contribution in [1.29, 1.82) is 0 Å². The molecule has 2 aromatic rings. The second-order valence-electron chi connectivity index (χ2n) is 4.03. The lowest BCUT2D eigenvalue weighted by Crippen LogP contribution is -2.17. The summed E-state index contributed by atoms with van der Waals surface area (Å²) >= 11 is 1.29. The van der Waals surface area contributed by atoms with Crippen molar-refractivity contribution >= 4 is 23.0 Å². The summed E-state index contributed by atoms with van der Waals surface area (Å²) in [6, 6.07) is 6.85. The Bertz CT molecular complexity index is 622. The average Bonchev–Trinajstić information content (AvgIpc) is 2.85. The lowest BCUT2D eigenvalue weighted by molar-refractivity contribution is -0.274. The van der Waals surface area contributed by atoms with Crippen molar-refractivity contribution in [3.63, 3.8) is 0 Å². The van der Waals surface area contributed by atoms with Crippen LogP contribution < -0.4 is 10.1 Å². The van der Waals surface area contributed by atoms with Crippen LogP contribution in [0.3, 0.4) is 0 Å². The number of nitrogens with one attached hydrogen (secondary N) is 1. The van der Waals surface area contributed by atoms with Crippen molar-refractivity contribution < 1.29 is 27.8 Å². The van der Waals surface area contributed by atoms with E-state index in [1.807, 2.05) is 0 Å². The van der Waals surface area contributed by atoms with Gasteiger partial charge in [0.25, 0.3) is 0 Å². The molecule has 112 valence electrons. The Morgan fingerprint density at radius 3 is 2.48 bits per heavy atom. The number of hydrogen-bond acceptors (Lipinski definition) is 4. The molecular weight excluding hydrogens is 307 g/mol. The largest absolute Gasteiger partial charge is 0.573 e. The summed E-state index contributed by atoms with van der Waals surface area (Å²) in [6.45, 7) is 0.386. The minimum atomic E-state index is -4.71. The molecule has 0 amide bonds. The van der Waals surface area contributed by atoms with E-state index in [-0.39, 0.29) is 11.3 Å². The molecule has 0 atom stereocenters. The minimum absolute atomic E-state index is 0.214. The van der Waals surface area contributed by atoms with E-state index in [1.165, 1.54) is 41.0 Å². The van der Waals surface area contributed by atoms with E-state index in [0.29, 0.717) is 12.2 Å². The Labute approximate surface area is 121 Å². The van der Waals surface area contributed by atoms with Crippen LogP contribution in [0.15, 0.2) is 35.7 Å². The van der Waals surface area contributed by atoms with Crippen LogP contribution in [0.5, 0.6) is 5.75 Å². The molecule has 0 spiro atoms. The highest BCUT2D eigenvalue weighted by atomic mass is 32.1. The fraction of sp³-hybridized carbons (Fsp3) is 0.154. The molecule has 0 bridgehead atoms. The second-order valence-corrected chi connectivity index (χ2v) is 5.03. The van der Waals surface area contributed by atoms with Crippen LogP contribution in [0.2, 0.25) is 0 Å². The highest BCUT2D eigenvalue weighted by molar-refractivity contribution is 7.10. The minimum Gasteiger partial charge on any atom is -0.478 e. The lowest BCUT2D eigenvalue weighted by Gasteiger charge is -2.10. The van der Waals surface area contributed by atoms with Crippen LogP contribution in [0.4, 0.5) is 18.9 Å². The van der Waals surface area contributed by atoms with E-state index in [2.05, 4.69) is 10.1 Å². The zero-order valence-electron chi connectivity index (χ0n) is 10.5. The van der Waals surface area contributed by atoms with Crippen LogP contribution in [0, 0.1) is 0 Å². The SMILES string of the molecule is O=C(O)c1csc(CNc2ccc(OC(F)(F)F)cc2)c1. The van der Waals surface area contributed by atoms with Crippen LogP contribution >= 0.6 is 11.3 Å². The molecule has 8 heteroatoms. The molecule has 0 aliphatic carbocycles. The maximum atomic E-state index is 12.0. The van der Waals surface area contributed by atoms with Gasteiger partial charge in [-0.05, 0) is 30.3 Å². The van der Waals surface area contributed by atoms with E-state index in [0.717, 1.165) is 4.88 Å². The molecule has 21 heavy (non-hydrogen) atoms. The van der Waals surface area contributed by atoms with E-state index in [9.17, 15) is 18.0 Å². The number of alkyl halides is 3. The number of anilines is 1. The average molecular weight is 317 g/mol. The first-order chi connectivity index (χ1) is 9.83. The van der Waals surface area contributed by atoms with E-state index < -0.39 is 12.3 Å². The molecule has 2 N–H and O–H groups in total. The fourth-order valence-electron chi connectivity index (χ4n) is 1.55. The summed E-state index contributed by atoms with van der Waals surface area (Å²) in [6.07, 6.45) is -4.71. The first-order valence-electron chi connectivity index (χ1n) is 5.74. The molecule has 4 nitrogen and oxygen atoms in total. The third-order valence-corrected chi connectivity index (χ3v) is 3.39. The van der Waals surface area contributed by atoms with Crippen molar-refractivity contribution in [3.8, 4) is 5.75 Å². The Balaban J connectivity index is 1.92. The molecule has 1 heterocycles. The lowest BCUT2D eigenvalue weighted by atomic mass is 10.3. The van der Waals surface area contributed by atoms with E-state index in [4.69, 9.17) is 5.11 Å². The molecule has 0 aliphatic rings. The van der Waals surface area contributed by atoms with Crippen LogP contribution in [0.25, 0.3) is 0 Å². The van der Waals surface area contributed by atoms with Gasteiger partial charge in [-0.2, -0.15) is 0 Å². The smallest absolute Gasteiger partial charge is 0.478 e. The summed E-state index contributed by atoms with van der Waals surface area (Å²) in [7, 11) is 0. The number of carboxylic acids is 1. The topological polar surface area (TPSA) is 58.6 Å². The van der Waals surface area contributed by atoms with Gasteiger partial charge in [0.05, 0.1) is 5.56 Å². The van der Waals surface area contributed by atoms with Gasteiger partial charge in [-0.25, -0.2) is 4.79 Å². The molecule has 0 radical (unpaired) electrons. The molecular formula is C13H10F3NO3S. The van der Waals surface area contributed by atoms with Gasteiger partial charge in [0.1, 0.15) is 5.75 Å². The van der Waals surface area contributed by atoms with Gasteiger partial charge in [0.2, 0.25) is 0 Å². The predicted molar refractivity (Wildman–Crippen MR) is 71.7 cm³/mol. The number of aromatic carboxylic acids is 1. The number of rotatable bonds is 5. The van der Waals surface area contributed by atoms with Gasteiger partial charge in [0.15, 0.2) is 0 Å². The highest BCUT2D eigenvalue weighted by Gasteiger charge is 2.30. The zero-order chi connectivity index (χ0) is 15.5. The first-order valence-corrected chi connectivity index (χ1v) is 6.62. The third kappa shape index (κ3) is 4.67. The summed E-state index contributed by atoms with van der Waals surface area (Å²) in [5, 5.41) is 13.3. The van der Waals surface area contributed by atoms with Gasteiger partial charge in [-0.1, -0.05) is 0 Å². The normalized spacial score (nSPS) is 11.2. The molecule has 0 saturated carbocycles. The molecule has 0 unspecified atom stereocenters. The summed E-state index contributed by atoms with van der Waals surface area (Å²) in [5.74, 6) is -1.29. The van der Waals surface area contributed by atoms with Crippen molar-refractivity contribution in [2.75, 3.05) is 5.32 Å². The van der Waals surface area contributed by atoms with Gasteiger partial charge in [0, 0.05) is 22.5 Å². The predicted octanol–water partition coefficient (Wildman–Crippen LogP) is 3.96. The van der Waals surface area contributed by atoms with Gasteiger partial charge < -0.3 is 15.2 Å². The van der Waals surface area contributed by atoms with Crippen LogP contribution in [0.1, 0.15) is 15.2 Å². The standard InChI is InChI=1S/C13H10F3NO3S/c14-13(15,16)20-10-3-1-9(2-4-10)17-6-11-5-8(7-21-11)12(18)19/h1-5,7,17H,6H2,(H,18,19). The number of carboxylic acid groups (broad SMARTS) is 1. The molecule has 2 rings (SSSR count). The Kier molecular flexibility index (Phi) is 4.37. The number of thiophene rings is 1. The number of benzene rings is 1. The van der Waals surface area contributed by atoms with Crippen LogP contribution in [-0.4, -0.2) is 17.4 Å². The van der Waals surface area contributed by atoms with Crippen molar-refractivity contribution in [2.45, 2.75) is 12.9 Å². The number of halogens is 3. The number of carbonyl (C=O) groups is 1. The van der Waals surface area contributed by atoms with E-state index in [1.54, 1.807) is 6.07 Å². The van der Waals surface area contributed by atoms with Crippen molar-refractivity contribution in [1.82, 2.24) is 0 Å². The van der Waals surface area contributed by atoms with E-state index >= 15 is 0 Å². The zero-order valence-corrected chi connectivity index (χ0v) is 11.3. The number of hydrogen-bond donors (Lipinski definition) is 2. The Morgan fingerprint density at radius 2 is 1.95 bits per heavy atom. The summed E-state index contributed by atoms with van der Waals surface area (Å²) in [4.78, 5) is 11.5. The Morgan fingerprint density at radius 1 is 1.29 bits per heavy atom. The molecule has 0 fully saturated rings. The summed E-state index contributed by atoms with van der Waals surface area (Å²) < 4.78 is 39.7. The molecule has 0 aliphatic heterocycles. The summed E-state index contributed by atoms with van der Waals surface area (Å²) in [5.41, 5.74) is 0.820. The van der Waals surface area contributed by atoms with Crippen molar-refractivity contribution in [2.24, 2.45) is 0 Å². The molecule has 1 aromatic heterocycles.